The van der Waals surface area contributed by atoms with E-state index in [0.717, 1.165) is 40.0 Å². The molecular weight excluding hydrogens is 466 g/mol. The average Bonchev–Trinajstić information content (AvgIpc) is 2.78. The molecule has 0 atom stereocenters. The summed E-state index contributed by atoms with van der Waals surface area (Å²) in [6.07, 6.45) is -1.97. The maximum atomic E-state index is 13.0. The van der Waals surface area contributed by atoms with Crippen LogP contribution >= 0.6 is 0 Å². The minimum absolute atomic E-state index is 0.139. The first kappa shape index (κ1) is 25.2. The Kier molecular flexibility index (Phi) is 6.51. The molecule has 0 bridgehead atoms. The second-order valence-corrected chi connectivity index (χ2v) is 9.51. The summed E-state index contributed by atoms with van der Waals surface area (Å²) in [5, 5.41) is 6.45. The van der Waals surface area contributed by atoms with Crippen molar-refractivity contribution >= 4 is 52.1 Å². The molecule has 0 fully saturated rings. The van der Waals surface area contributed by atoms with Crippen molar-refractivity contribution in [1.82, 2.24) is 19.9 Å². The van der Waals surface area contributed by atoms with Gasteiger partial charge in [0.05, 0.1) is 0 Å². The smallest absolute Gasteiger partial charge is 0.372 e. The third-order valence-electron chi connectivity index (χ3n) is 5.34. The van der Waals surface area contributed by atoms with Crippen molar-refractivity contribution in [2.75, 3.05) is 10.6 Å². The number of anilines is 2. The highest BCUT2D eigenvalue weighted by Gasteiger charge is 2.33. The molecule has 1 amide bonds. The van der Waals surface area contributed by atoms with Crippen LogP contribution in [0.25, 0.3) is 22.2 Å². The molecule has 0 spiro atoms. The van der Waals surface area contributed by atoms with Gasteiger partial charge in [0.25, 0.3) is 5.91 Å². The fraction of sp³-hybridized carbons (Fsp3) is 0.174. The summed E-state index contributed by atoms with van der Waals surface area (Å²) in [6, 6.07) is 9.19. The molecule has 0 unspecified atom stereocenters. The molecule has 0 saturated heterocycles. The van der Waals surface area contributed by atoms with E-state index in [2.05, 4.69) is 30.6 Å². The number of amides is 1. The predicted molar refractivity (Wildman–Crippen MR) is 141 cm³/mol. The summed E-state index contributed by atoms with van der Waals surface area (Å²) >= 11 is 0. The van der Waals surface area contributed by atoms with Gasteiger partial charge in [-0.3, -0.25) is 9.78 Å². The third-order valence-corrected chi connectivity index (χ3v) is 5.34. The molecule has 0 radical (unpaired) electrons. The number of benzene rings is 1. The van der Waals surface area contributed by atoms with E-state index in [1.54, 1.807) is 18.3 Å². The molecule has 4 rings (SSSR count). The Morgan fingerprint density at radius 1 is 0.944 bits per heavy atom. The van der Waals surface area contributed by atoms with Crippen molar-refractivity contribution in [3.8, 4) is 11.1 Å². The summed E-state index contributed by atoms with van der Waals surface area (Å²) in [5.74, 6) is -0.182. The Bertz CT molecular complexity index is 1470. The van der Waals surface area contributed by atoms with Crippen LogP contribution in [0.4, 0.5) is 24.8 Å². The Balaban J connectivity index is 1.65. The maximum Gasteiger partial charge on any atom is 0.433 e. The van der Waals surface area contributed by atoms with Crippen LogP contribution in [0.2, 0.25) is 0 Å². The fourth-order valence-corrected chi connectivity index (χ4v) is 3.64. The molecule has 180 valence electrons. The lowest BCUT2D eigenvalue weighted by atomic mass is 9.49. The number of nitrogens with one attached hydrogen (secondary N) is 2. The van der Waals surface area contributed by atoms with E-state index < -0.39 is 17.8 Å². The first-order valence-corrected chi connectivity index (χ1v) is 11.2. The topological polar surface area (TPSA) is 92.7 Å². The average molecular weight is 488 g/mol. The van der Waals surface area contributed by atoms with Gasteiger partial charge in [-0.25, -0.2) is 9.97 Å². The Labute approximate surface area is 208 Å². The number of fused-ring (bicyclic) bond motifs is 1. The standard InChI is InChI=1S/C23H22B3F3N6O/c1-11-3-4-15(33-20(36)13-5-6-30-18(8-13)22(27,28)29)9-16(11)17-7-14-10-31-21(35-23(24,25)26)34-19(14)32-12(17)2/h3-10H,24-26H2,1-2H3,(H,33,36)(H,31,32,34,35). The fourth-order valence-electron chi connectivity index (χ4n) is 3.64. The summed E-state index contributed by atoms with van der Waals surface area (Å²) in [4.78, 5) is 29.5. The normalized spacial score (nSPS) is 11.9. The highest BCUT2D eigenvalue weighted by molar-refractivity contribution is 6.60. The second-order valence-electron chi connectivity index (χ2n) is 9.51. The number of hydrogen-bond acceptors (Lipinski definition) is 6. The van der Waals surface area contributed by atoms with Crippen molar-refractivity contribution in [3.63, 3.8) is 0 Å². The molecule has 2 N–H and O–H groups in total. The van der Waals surface area contributed by atoms with Gasteiger partial charge in [0.1, 0.15) is 29.2 Å². The molecule has 4 aromatic rings. The molecule has 7 nitrogen and oxygen atoms in total. The SMILES string of the molecule is BC(B)(B)Nc1ncc2cc(-c3cc(NC(=O)c4ccnc(C(F)(F)F)c4)ccc3C)c(C)nc2n1. The van der Waals surface area contributed by atoms with Crippen LogP contribution in [0.3, 0.4) is 0 Å². The van der Waals surface area contributed by atoms with Crippen LogP contribution in [-0.2, 0) is 6.18 Å². The summed E-state index contributed by atoms with van der Waals surface area (Å²) in [7, 11) is 6.04. The van der Waals surface area contributed by atoms with Crippen LogP contribution in [0.5, 0.6) is 0 Å². The number of pyridine rings is 2. The van der Waals surface area contributed by atoms with E-state index in [4.69, 9.17) is 0 Å². The van der Waals surface area contributed by atoms with Crippen molar-refractivity contribution < 1.29 is 18.0 Å². The number of halogens is 3. The highest BCUT2D eigenvalue weighted by atomic mass is 19.4. The second kappa shape index (κ2) is 9.29. The van der Waals surface area contributed by atoms with Crippen molar-refractivity contribution in [2.24, 2.45) is 0 Å². The van der Waals surface area contributed by atoms with E-state index in [-0.39, 0.29) is 10.8 Å². The van der Waals surface area contributed by atoms with E-state index >= 15 is 0 Å². The lowest BCUT2D eigenvalue weighted by Crippen LogP contribution is -2.40. The number of alkyl halides is 3. The quantitative estimate of drug-likeness (QED) is 0.418. The van der Waals surface area contributed by atoms with Gasteiger partial charge in [0, 0.05) is 40.3 Å². The Morgan fingerprint density at radius 2 is 1.69 bits per heavy atom. The van der Waals surface area contributed by atoms with Crippen molar-refractivity contribution in [1.29, 1.82) is 0 Å². The van der Waals surface area contributed by atoms with Gasteiger partial charge in [0.15, 0.2) is 5.65 Å². The molecule has 0 saturated carbocycles. The van der Waals surface area contributed by atoms with Crippen LogP contribution < -0.4 is 10.6 Å². The molecule has 0 aliphatic heterocycles. The van der Waals surface area contributed by atoms with Gasteiger partial charge in [-0.2, -0.15) is 18.2 Å². The van der Waals surface area contributed by atoms with Crippen LogP contribution in [0, 0.1) is 13.8 Å². The number of carbonyl (C=O) groups is 1. The lowest BCUT2D eigenvalue weighted by molar-refractivity contribution is -0.141. The minimum atomic E-state index is -4.64. The number of nitrogens with zero attached hydrogens (tertiary/aromatic N) is 4. The highest BCUT2D eigenvalue weighted by Crippen LogP contribution is 2.31. The van der Waals surface area contributed by atoms with Crippen LogP contribution in [0.1, 0.15) is 27.3 Å². The molecule has 3 aromatic heterocycles. The number of aryl methyl sites for hydroxylation is 2. The van der Waals surface area contributed by atoms with Gasteiger partial charge in [0.2, 0.25) is 5.95 Å². The molecule has 13 heteroatoms. The largest absolute Gasteiger partial charge is 0.433 e. The van der Waals surface area contributed by atoms with Crippen molar-refractivity contribution in [2.45, 2.75) is 25.3 Å². The number of hydrogen-bond donors (Lipinski definition) is 2. The van der Waals surface area contributed by atoms with E-state index in [0.29, 0.717) is 17.3 Å². The third kappa shape index (κ3) is 5.67. The van der Waals surface area contributed by atoms with Gasteiger partial charge in [-0.05, 0) is 60.5 Å². The zero-order chi connectivity index (χ0) is 26.3. The van der Waals surface area contributed by atoms with E-state index in [1.165, 1.54) is 6.07 Å². The minimum Gasteiger partial charge on any atom is -0.372 e. The zero-order valence-electron chi connectivity index (χ0n) is 20.4. The lowest BCUT2D eigenvalue weighted by Gasteiger charge is -2.20. The summed E-state index contributed by atoms with van der Waals surface area (Å²) < 4.78 is 38.9. The van der Waals surface area contributed by atoms with Gasteiger partial charge < -0.3 is 10.6 Å². The van der Waals surface area contributed by atoms with E-state index in [1.807, 2.05) is 49.5 Å². The monoisotopic (exact) mass is 488 g/mol. The molecule has 36 heavy (non-hydrogen) atoms. The summed E-state index contributed by atoms with van der Waals surface area (Å²) in [6.45, 7) is 3.80. The Hall–Kier alpha value is -3.89. The van der Waals surface area contributed by atoms with E-state index in [9.17, 15) is 18.0 Å². The molecule has 0 aliphatic carbocycles. The molecule has 3 heterocycles. The molecule has 0 aliphatic rings. The van der Waals surface area contributed by atoms with Crippen LogP contribution in [-0.4, -0.2) is 54.6 Å². The number of carbonyl (C=O) groups excluding carboxylic acids is 1. The van der Waals surface area contributed by atoms with Gasteiger partial charge >= 0.3 is 6.18 Å². The van der Waals surface area contributed by atoms with Gasteiger partial charge in [-0.1, -0.05) is 6.07 Å². The predicted octanol–water partition coefficient (Wildman–Crippen LogP) is 1.90. The number of rotatable bonds is 5. The Morgan fingerprint density at radius 3 is 2.39 bits per heavy atom. The molecule has 1 aromatic carbocycles. The van der Waals surface area contributed by atoms with Gasteiger partial charge in [-0.15, -0.1) is 0 Å². The summed E-state index contributed by atoms with van der Waals surface area (Å²) in [5.41, 5.74) is 3.05. The number of aromatic nitrogens is 4. The first-order valence-electron chi connectivity index (χ1n) is 11.2. The first-order chi connectivity index (χ1) is 16.8. The molecular formula is C23H22B3F3N6O. The van der Waals surface area contributed by atoms with Crippen molar-refractivity contribution in [3.05, 3.63) is 71.3 Å². The zero-order valence-corrected chi connectivity index (χ0v) is 20.4. The maximum absolute atomic E-state index is 13.0. The van der Waals surface area contributed by atoms with Crippen LogP contribution in [0.15, 0.2) is 48.8 Å².